The molecule has 8 heteroatoms. The summed E-state index contributed by atoms with van der Waals surface area (Å²) in [5.74, 6) is -0.139. The van der Waals surface area contributed by atoms with Crippen molar-refractivity contribution in [2.45, 2.75) is 9.79 Å². The average Bonchev–Trinajstić information content (AvgIpc) is 2.63. The molecule has 1 saturated heterocycles. The van der Waals surface area contributed by atoms with E-state index in [0.29, 0.717) is 23.9 Å². The van der Waals surface area contributed by atoms with Gasteiger partial charge in [-0.3, -0.25) is 9.69 Å². The summed E-state index contributed by atoms with van der Waals surface area (Å²) in [6.45, 7) is 3.00. The van der Waals surface area contributed by atoms with Gasteiger partial charge in [0, 0.05) is 23.8 Å². The van der Waals surface area contributed by atoms with E-state index in [9.17, 15) is 13.2 Å². The lowest BCUT2D eigenvalue weighted by molar-refractivity contribution is -0.118. The highest BCUT2D eigenvalue weighted by atomic mass is 35.5. The van der Waals surface area contributed by atoms with E-state index in [1.807, 2.05) is 4.90 Å². The van der Waals surface area contributed by atoms with Crippen molar-refractivity contribution in [2.24, 2.45) is 0 Å². The van der Waals surface area contributed by atoms with Crippen LogP contribution in [0.25, 0.3) is 0 Å². The molecule has 3 rings (SSSR count). The van der Waals surface area contributed by atoms with Crippen LogP contribution in [0.15, 0.2) is 58.3 Å². The third-order valence-electron chi connectivity index (χ3n) is 4.04. The van der Waals surface area contributed by atoms with Crippen molar-refractivity contribution in [2.75, 3.05) is 38.2 Å². The summed E-state index contributed by atoms with van der Waals surface area (Å²) < 4.78 is 30.4. The molecule has 138 valence electrons. The molecular weight excluding hydrogens is 376 g/mol. The maximum absolute atomic E-state index is 12.6. The Labute approximate surface area is 157 Å². The lowest BCUT2D eigenvalue weighted by atomic mass is 10.3. The number of anilines is 1. The zero-order chi connectivity index (χ0) is 18.6. The minimum atomic E-state index is -3.62. The average molecular weight is 395 g/mol. The number of carbonyl (C=O) groups excluding carboxylic acids is 1. The van der Waals surface area contributed by atoms with E-state index in [1.165, 1.54) is 36.4 Å². The zero-order valence-electron chi connectivity index (χ0n) is 14.0. The van der Waals surface area contributed by atoms with Crippen molar-refractivity contribution in [3.8, 4) is 0 Å². The van der Waals surface area contributed by atoms with Crippen molar-refractivity contribution in [1.82, 2.24) is 4.90 Å². The van der Waals surface area contributed by atoms with E-state index >= 15 is 0 Å². The Balaban J connectivity index is 1.66. The Bertz CT molecular complexity index is 861. The first-order chi connectivity index (χ1) is 12.4. The van der Waals surface area contributed by atoms with Gasteiger partial charge in [-0.2, -0.15) is 0 Å². The van der Waals surface area contributed by atoms with Gasteiger partial charge in [0.15, 0.2) is 0 Å². The predicted octanol–water partition coefficient (Wildman–Crippen LogP) is 2.44. The van der Waals surface area contributed by atoms with Crippen LogP contribution in [0.1, 0.15) is 0 Å². The molecule has 0 radical (unpaired) electrons. The summed E-state index contributed by atoms with van der Waals surface area (Å²) in [5.41, 5.74) is 0.554. The van der Waals surface area contributed by atoms with E-state index in [4.69, 9.17) is 16.3 Å². The number of ether oxygens (including phenoxy) is 1. The summed E-state index contributed by atoms with van der Waals surface area (Å²) in [5, 5.41) is 3.26. The van der Waals surface area contributed by atoms with Gasteiger partial charge in [0.25, 0.3) is 0 Å². The van der Waals surface area contributed by atoms with Gasteiger partial charge in [-0.25, -0.2) is 8.42 Å². The molecule has 0 bridgehead atoms. The van der Waals surface area contributed by atoms with Crippen LogP contribution in [-0.4, -0.2) is 52.1 Å². The first kappa shape index (κ1) is 18.8. The normalized spacial score (nSPS) is 15.6. The largest absolute Gasteiger partial charge is 0.379 e. The van der Waals surface area contributed by atoms with Gasteiger partial charge < -0.3 is 10.1 Å². The van der Waals surface area contributed by atoms with E-state index in [-0.39, 0.29) is 22.2 Å². The van der Waals surface area contributed by atoms with Crippen LogP contribution in [0.3, 0.4) is 0 Å². The van der Waals surface area contributed by atoms with Crippen LogP contribution in [0.5, 0.6) is 0 Å². The molecule has 0 aliphatic carbocycles. The molecule has 1 aliphatic heterocycles. The SMILES string of the molecule is O=C(CN1CCOCC1)Nc1ccc(S(=O)(=O)c2ccc(Cl)cc2)cc1. The molecule has 1 fully saturated rings. The monoisotopic (exact) mass is 394 g/mol. The number of nitrogens with one attached hydrogen (secondary N) is 1. The second-order valence-corrected chi connectivity index (χ2v) is 8.30. The summed E-state index contributed by atoms with van der Waals surface area (Å²) in [7, 11) is -3.62. The standard InChI is InChI=1S/C18H19ClN2O4S/c19-14-1-5-16(6-2-14)26(23,24)17-7-3-15(4-8-17)20-18(22)13-21-9-11-25-12-10-21/h1-8H,9-13H2,(H,20,22). The predicted molar refractivity (Wildman–Crippen MR) is 99.2 cm³/mol. The minimum Gasteiger partial charge on any atom is -0.379 e. The second kappa shape index (κ2) is 8.18. The van der Waals surface area contributed by atoms with Crippen molar-refractivity contribution >= 4 is 33.0 Å². The van der Waals surface area contributed by atoms with Gasteiger partial charge in [-0.1, -0.05) is 11.6 Å². The van der Waals surface area contributed by atoms with Crippen LogP contribution in [0.4, 0.5) is 5.69 Å². The molecular formula is C18H19ClN2O4S. The number of sulfone groups is 1. The molecule has 2 aromatic rings. The number of halogens is 1. The quantitative estimate of drug-likeness (QED) is 0.843. The molecule has 6 nitrogen and oxygen atoms in total. The number of benzene rings is 2. The Morgan fingerprint density at radius 1 is 1.00 bits per heavy atom. The molecule has 0 atom stereocenters. The summed E-state index contributed by atoms with van der Waals surface area (Å²) in [4.78, 5) is 14.4. The third kappa shape index (κ3) is 4.62. The first-order valence-electron chi connectivity index (χ1n) is 8.16. The Morgan fingerprint density at radius 2 is 1.54 bits per heavy atom. The number of hydrogen-bond acceptors (Lipinski definition) is 5. The number of hydrogen-bond donors (Lipinski definition) is 1. The van der Waals surface area contributed by atoms with E-state index in [1.54, 1.807) is 12.1 Å². The van der Waals surface area contributed by atoms with Crippen LogP contribution in [0.2, 0.25) is 5.02 Å². The summed E-state index contributed by atoms with van der Waals surface area (Å²) >= 11 is 5.80. The highest BCUT2D eigenvalue weighted by Gasteiger charge is 2.18. The van der Waals surface area contributed by atoms with Crippen LogP contribution in [-0.2, 0) is 19.4 Å². The van der Waals surface area contributed by atoms with Crippen LogP contribution >= 0.6 is 11.6 Å². The highest BCUT2D eigenvalue weighted by Crippen LogP contribution is 2.23. The van der Waals surface area contributed by atoms with Crippen LogP contribution < -0.4 is 5.32 Å². The molecule has 26 heavy (non-hydrogen) atoms. The summed E-state index contributed by atoms with van der Waals surface area (Å²) in [6.07, 6.45) is 0. The van der Waals surface area contributed by atoms with Gasteiger partial charge in [-0.05, 0) is 48.5 Å². The van der Waals surface area contributed by atoms with E-state index < -0.39 is 9.84 Å². The molecule has 0 saturated carbocycles. The Kier molecular flexibility index (Phi) is 5.93. The van der Waals surface area contributed by atoms with Crippen molar-refractivity contribution in [3.63, 3.8) is 0 Å². The van der Waals surface area contributed by atoms with Gasteiger partial charge >= 0.3 is 0 Å². The molecule has 1 N–H and O–H groups in total. The van der Waals surface area contributed by atoms with Gasteiger partial charge in [0.05, 0.1) is 29.5 Å². The topological polar surface area (TPSA) is 75.7 Å². The van der Waals surface area contributed by atoms with Gasteiger partial charge in [0.1, 0.15) is 0 Å². The van der Waals surface area contributed by atoms with Crippen molar-refractivity contribution < 1.29 is 17.9 Å². The molecule has 1 aliphatic rings. The third-order valence-corrected chi connectivity index (χ3v) is 6.08. The number of amides is 1. The highest BCUT2D eigenvalue weighted by molar-refractivity contribution is 7.91. The molecule has 0 unspecified atom stereocenters. The lowest BCUT2D eigenvalue weighted by Crippen LogP contribution is -2.41. The van der Waals surface area contributed by atoms with Crippen molar-refractivity contribution in [1.29, 1.82) is 0 Å². The lowest BCUT2D eigenvalue weighted by Gasteiger charge is -2.25. The minimum absolute atomic E-state index is 0.139. The molecule has 2 aromatic carbocycles. The number of nitrogens with zero attached hydrogens (tertiary/aromatic N) is 1. The Hall–Kier alpha value is -1.93. The number of rotatable bonds is 5. The Morgan fingerprint density at radius 3 is 2.12 bits per heavy atom. The fourth-order valence-electron chi connectivity index (χ4n) is 2.63. The number of morpholine rings is 1. The first-order valence-corrected chi connectivity index (χ1v) is 10.0. The zero-order valence-corrected chi connectivity index (χ0v) is 15.6. The molecule has 1 heterocycles. The molecule has 0 aromatic heterocycles. The second-order valence-electron chi connectivity index (χ2n) is 5.92. The van der Waals surface area contributed by atoms with Gasteiger partial charge in [-0.15, -0.1) is 0 Å². The summed E-state index contributed by atoms with van der Waals surface area (Å²) in [6, 6.07) is 12.1. The maximum Gasteiger partial charge on any atom is 0.238 e. The van der Waals surface area contributed by atoms with Gasteiger partial charge in [0.2, 0.25) is 15.7 Å². The maximum atomic E-state index is 12.6. The number of carbonyl (C=O) groups is 1. The van der Waals surface area contributed by atoms with Crippen molar-refractivity contribution in [3.05, 3.63) is 53.6 Å². The van der Waals surface area contributed by atoms with E-state index in [0.717, 1.165) is 13.1 Å². The molecule has 0 spiro atoms. The fraction of sp³-hybridized carbons (Fsp3) is 0.278. The molecule has 1 amide bonds. The fourth-order valence-corrected chi connectivity index (χ4v) is 4.02. The van der Waals surface area contributed by atoms with Crippen LogP contribution in [0, 0.1) is 0 Å². The smallest absolute Gasteiger partial charge is 0.238 e. The van der Waals surface area contributed by atoms with E-state index in [2.05, 4.69) is 5.32 Å².